The Hall–Kier alpha value is -2.26. The van der Waals surface area contributed by atoms with Crippen molar-refractivity contribution in [3.8, 4) is 22.6 Å². The molecule has 8 heteroatoms. The molecule has 0 radical (unpaired) electrons. The number of nitrogens with two attached hydrogens (primary N) is 2. The van der Waals surface area contributed by atoms with Gasteiger partial charge in [0.05, 0.1) is 22.5 Å². The molecule has 1 heterocycles. The number of benzene rings is 2. The highest BCUT2D eigenvalue weighted by molar-refractivity contribution is 14.1. The highest BCUT2D eigenvalue weighted by atomic mass is 127. The van der Waals surface area contributed by atoms with Crippen molar-refractivity contribution in [2.45, 2.75) is 13.3 Å². The van der Waals surface area contributed by atoms with Crippen LogP contribution in [0.1, 0.15) is 12.1 Å². The quantitative estimate of drug-likeness (QED) is 0.353. The number of hydrogen-bond acceptors (Lipinski definition) is 6. The highest BCUT2D eigenvalue weighted by Crippen LogP contribution is 2.29. The van der Waals surface area contributed by atoms with Crippen LogP contribution in [0, 0.1) is 10.5 Å². The predicted octanol–water partition coefficient (Wildman–Crippen LogP) is 4.72. The zero-order chi connectivity index (χ0) is 20.1. The molecule has 3 rings (SSSR count). The second kappa shape index (κ2) is 9.29. The number of halogens is 2. The number of nitrogen functional groups attached to an aromatic ring is 2. The van der Waals surface area contributed by atoms with E-state index in [0.717, 1.165) is 25.5 Å². The molecule has 0 atom stereocenters. The smallest absolute Gasteiger partial charge is 0.222 e. The summed E-state index contributed by atoms with van der Waals surface area (Å²) < 4.78 is 12.6. The summed E-state index contributed by atoms with van der Waals surface area (Å²) in [5.41, 5.74) is 14.2. The van der Waals surface area contributed by atoms with Gasteiger partial charge in [-0.05, 0) is 64.9 Å². The third-order valence-corrected chi connectivity index (χ3v) is 5.08. The van der Waals surface area contributed by atoms with Crippen molar-refractivity contribution in [3.05, 3.63) is 56.8 Å². The van der Waals surface area contributed by atoms with Crippen molar-refractivity contribution < 1.29 is 9.47 Å². The largest absolute Gasteiger partial charge is 0.492 e. The SMILES string of the molecule is Cc1nc(N)nc(N)c1OCCCOc1ccc(-c2ccc(Cl)cc2)cc1I. The first-order valence-corrected chi connectivity index (χ1v) is 10.1. The average Bonchev–Trinajstić information content (AvgIpc) is 2.65. The molecule has 0 fully saturated rings. The van der Waals surface area contributed by atoms with Crippen LogP contribution in [-0.4, -0.2) is 23.2 Å². The molecule has 6 nitrogen and oxygen atoms in total. The van der Waals surface area contributed by atoms with Crippen molar-refractivity contribution in [1.82, 2.24) is 9.97 Å². The lowest BCUT2D eigenvalue weighted by Crippen LogP contribution is -2.10. The zero-order valence-corrected chi connectivity index (χ0v) is 18.2. The Balaban J connectivity index is 1.52. The molecule has 4 N–H and O–H groups in total. The number of aromatic nitrogens is 2. The number of rotatable bonds is 7. The maximum absolute atomic E-state index is 5.95. The number of aryl methyl sites for hydroxylation is 1. The molecule has 3 aromatic rings. The average molecular weight is 511 g/mol. The van der Waals surface area contributed by atoms with Crippen LogP contribution in [0.2, 0.25) is 5.02 Å². The molecule has 0 spiro atoms. The van der Waals surface area contributed by atoms with Gasteiger partial charge in [0.15, 0.2) is 11.6 Å². The normalized spacial score (nSPS) is 10.7. The van der Waals surface area contributed by atoms with Crippen LogP contribution in [0.5, 0.6) is 11.5 Å². The Morgan fingerprint density at radius 3 is 2.32 bits per heavy atom. The molecular formula is C20H20ClIN4O2. The predicted molar refractivity (Wildman–Crippen MR) is 121 cm³/mol. The van der Waals surface area contributed by atoms with Gasteiger partial charge in [-0.1, -0.05) is 29.8 Å². The van der Waals surface area contributed by atoms with Crippen LogP contribution in [-0.2, 0) is 0 Å². The summed E-state index contributed by atoms with van der Waals surface area (Å²) in [5.74, 6) is 1.70. The van der Waals surface area contributed by atoms with Gasteiger partial charge in [0, 0.05) is 11.4 Å². The third-order valence-electron chi connectivity index (χ3n) is 3.98. The van der Waals surface area contributed by atoms with Gasteiger partial charge in [-0.25, -0.2) is 4.98 Å². The first-order valence-electron chi connectivity index (χ1n) is 8.64. The van der Waals surface area contributed by atoms with Crippen LogP contribution in [0.25, 0.3) is 11.1 Å². The van der Waals surface area contributed by atoms with E-state index in [1.165, 1.54) is 0 Å². The molecule has 146 valence electrons. The van der Waals surface area contributed by atoms with E-state index < -0.39 is 0 Å². The molecule has 0 aliphatic rings. The standard InChI is InChI=1S/C20H20ClIN4O2/c1-12-18(19(23)26-20(24)25-12)28-10-2-9-27-17-8-5-14(11-16(17)22)13-3-6-15(21)7-4-13/h3-8,11H,2,9-10H2,1H3,(H4,23,24,25,26). The van der Waals surface area contributed by atoms with Gasteiger partial charge in [-0.3, -0.25) is 0 Å². The van der Waals surface area contributed by atoms with Crippen LogP contribution in [0.3, 0.4) is 0 Å². The number of hydrogen-bond donors (Lipinski definition) is 2. The van der Waals surface area contributed by atoms with E-state index in [4.69, 9.17) is 32.5 Å². The molecule has 0 unspecified atom stereocenters. The number of nitrogens with zero attached hydrogens (tertiary/aromatic N) is 2. The van der Waals surface area contributed by atoms with E-state index in [9.17, 15) is 0 Å². The molecule has 0 saturated carbocycles. The van der Waals surface area contributed by atoms with E-state index in [0.29, 0.717) is 31.1 Å². The minimum atomic E-state index is 0.141. The van der Waals surface area contributed by atoms with Gasteiger partial charge in [0.2, 0.25) is 5.95 Å². The fourth-order valence-electron chi connectivity index (χ4n) is 2.64. The topological polar surface area (TPSA) is 96.3 Å². The monoisotopic (exact) mass is 510 g/mol. The Labute approximate surface area is 182 Å². The minimum Gasteiger partial charge on any atom is -0.492 e. The van der Waals surface area contributed by atoms with Crippen LogP contribution in [0.15, 0.2) is 42.5 Å². The van der Waals surface area contributed by atoms with Crippen LogP contribution in [0.4, 0.5) is 11.8 Å². The Morgan fingerprint density at radius 1 is 0.964 bits per heavy atom. The summed E-state index contributed by atoms with van der Waals surface area (Å²) in [6.07, 6.45) is 0.693. The lowest BCUT2D eigenvalue weighted by molar-refractivity contribution is 0.245. The lowest BCUT2D eigenvalue weighted by Gasteiger charge is -2.12. The first kappa shape index (κ1) is 20.5. The lowest BCUT2D eigenvalue weighted by atomic mass is 10.1. The maximum Gasteiger partial charge on any atom is 0.222 e. The van der Waals surface area contributed by atoms with Crippen molar-refractivity contribution in [2.75, 3.05) is 24.7 Å². The second-order valence-corrected chi connectivity index (χ2v) is 7.68. The van der Waals surface area contributed by atoms with E-state index >= 15 is 0 Å². The van der Waals surface area contributed by atoms with Crippen molar-refractivity contribution in [1.29, 1.82) is 0 Å². The van der Waals surface area contributed by atoms with Gasteiger partial charge in [-0.2, -0.15) is 4.98 Å². The second-order valence-electron chi connectivity index (χ2n) is 6.08. The molecule has 1 aromatic heterocycles. The van der Waals surface area contributed by atoms with Gasteiger partial charge >= 0.3 is 0 Å². The van der Waals surface area contributed by atoms with Gasteiger partial charge < -0.3 is 20.9 Å². The summed E-state index contributed by atoms with van der Waals surface area (Å²) >= 11 is 8.22. The fraction of sp³-hybridized carbons (Fsp3) is 0.200. The number of anilines is 2. The molecule has 0 aliphatic heterocycles. The highest BCUT2D eigenvalue weighted by Gasteiger charge is 2.09. The summed E-state index contributed by atoms with van der Waals surface area (Å²) in [7, 11) is 0. The maximum atomic E-state index is 5.95. The molecule has 2 aromatic carbocycles. The fourth-order valence-corrected chi connectivity index (χ4v) is 3.44. The van der Waals surface area contributed by atoms with Gasteiger partial charge in [0.25, 0.3) is 0 Å². The van der Waals surface area contributed by atoms with Crippen molar-refractivity contribution >= 4 is 46.0 Å². The molecule has 0 aliphatic carbocycles. The molecular weight excluding hydrogens is 491 g/mol. The summed E-state index contributed by atoms with van der Waals surface area (Å²) in [6, 6.07) is 13.9. The van der Waals surface area contributed by atoms with E-state index in [2.05, 4.69) is 38.6 Å². The zero-order valence-electron chi connectivity index (χ0n) is 15.3. The Morgan fingerprint density at radius 2 is 1.64 bits per heavy atom. The molecule has 0 bridgehead atoms. The van der Waals surface area contributed by atoms with Crippen molar-refractivity contribution in [2.24, 2.45) is 0 Å². The minimum absolute atomic E-state index is 0.141. The van der Waals surface area contributed by atoms with Crippen molar-refractivity contribution in [3.63, 3.8) is 0 Å². The summed E-state index contributed by atoms with van der Waals surface area (Å²) in [6.45, 7) is 2.74. The Bertz CT molecular complexity index is 944. The third kappa shape index (κ3) is 5.17. The van der Waals surface area contributed by atoms with Crippen LogP contribution < -0.4 is 20.9 Å². The van der Waals surface area contributed by atoms with E-state index in [1.807, 2.05) is 36.4 Å². The van der Waals surface area contributed by atoms with Gasteiger partial charge in [0.1, 0.15) is 5.75 Å². The summed E-state index contributed by atoms with van der Waals surface area (Å²) in [5, 5.41) is 0.725. The number of ether oxygens (including phenoxy) is 2. The molecule has 28 heavy (non-hydrogen) atoms. The van der Waals surface area contributed by atoms with E-state index in [1.54, 1.807) is 6.92 Å². The van der Waals surface area contributed by atoms with E-state index in [-0.39, 0.29) is 11.8 Å². The molecule has 0 saturated heterocycles. The first-order chi connectivity index (χ1) is 13.4. The molecule has 0 amide bonds. The Kier molecular flexibility index (Phi) is 6.79. The van der Waals surface area contributed by atoms with Gasteiger partial charge in [-0.15, -0.1) is 0 Å². The van der Waals surface area contributed by atoms with Crippen LogP contribution >= 0.6 is 34.2 Å². The summed E-state index contributed by atoms with van der Waals surface area (Å²) in [4.78, 5) is 7.96.